The van der Waals surface area contributed by atoms with Crippen LogP contribution in [0.1, 0.15) is 15.2 Å². The van der Waals surface area contributed by atoms with E-state index in [1.807, 2.05) is 6.07 Å². The molecule has 0 saturated heterocycles. The van der Waals surface area contributed by atoms with Gasteiger partial charge in [0.1, 0.15) is 5.75 Å². The molecule has 68 valence electrons. The second-order valence-electron chi connectivity index (χ2n) is 2.78. The molecule has 0 aliphatic rings. The van der Waals surface area contributed by atoms with Crippen molar-refractivity contribution in [3.63, 3.8) is 0 Å². The molecular weight excluding hydrogens is 198 g/mol. The number of hydrogen-bond donors (Lipinski definition) is 1. The van der Waals surface area contributed by atoms with E-state index in [0.717, 1.165) is 16.4 Å². The first kappa shape index (κ1) is 8.73. The zero-order valence-electron chi connectivity index (χ0n) is 7.02. The Bertz CT molecular complexity index is 551. The summed E-state index contributed by atoms with van der Waals surface area (Å²) >= 11 is 1.26. The Hall–Kier alpha value is -1.86. The first-order chi connectivity index (χ1) is 6.74. The first-order valence-electron chi connectivity index (χ1n) is 3.86. The third-order valence-electron chi connectivity index (χ3n) is 1.88. The molecule has 1 aromatic carbocycles. The van der Waals surface area contributed by atoms with Crippen LogP contribution in [0.2, 0.25) is 0 Å². The molecule has 1 aromatic heterocycles. The van der Waals surface area contributed by atoms with Crippen LogP contribution in [-0.2, 0) is 0 Å². The molecule has 0 bridgehead atoms. The minimum absolute atomic E-state index is 0.0494. The van der Waals surface area contributed by atoms with Gasteiger partial charge in [0.15, 0.2) is 6.29 Å². The lowest BCUT2D eigenvalue weighted by atomic mass is 10.1. The standard InChI is InChI=1S/C10H5NO2S/c11-4-6-1-7(13)2-10-9(6)3-8(5-12)14-10/h1-3,5,13H. The van der Waals surface area contributed by atoms with Gasteiger partial charge in [-0.3, -0.25) is 4.79 Å². The predicted molar refractivity (Wildman–Crippen MR) is 53.6 cm³/mol. The molecule has 0 saturated carbocycles. The maximum atomic E-state index is 10.5. The van der Waals surface area contributed by atoms with Crippen LogP contribution in [0.15, 0.2) is 18.2 Å². The molecule has 0 radical (unpaired) electrons. The van der Waals surface area contributed by atoms with Crippen LogP contribution in [0.4, 0.5) is 0 Å². The normalized spacial score (nSPS) is 9.93. The average Bonchev–Trinajstić information content (AvgIpc) is 2.59. The van der Waals surface area contributed by atoms with Crippen molar-refractivity contribution in [1.82, 2.24) is 0 Å². The van der Waals surface area contributed by atoms with E-state index in [2.05, 4.69) is 0 Å². The van der Waals surface area contributed by atoms with Crippen LogP contribution in [0.5, 0.6) is 5.75 Å². The van der Waals surface area contributed by atoms with Gasteiger partial charge in [0, 0.05) is 10.1 Å². The summed E-state index contributed by atoms with van der Waals surface area (Å²) < 4.78 is 0.753. The molecule has 2 aromatic rings. The third kappa shape index (κ3) is 1.24. The van der Waals surface area contributed by atoms with Gasteiger partial charge in [0.2, 0.25) is 0 Å². The van der Waals surface area contributed by atoms with Crippen LogP contribution < -0.4 is 0 Å². The van der Waals surface area contributed by atoms with Crippen molar-refractivity contribution in [2.75, 3.05) is 0 Å². The van der Waals surface area contributed by atoms with Gasteiger partial charge < -0.3 is 5.11 Å². The number of rotatable bonds is 1. The van der Waals surface area contributed by atoms with E-state index < -0.39 is 0 Å². The van der Waals surface area contributed by atoms with Gasteiger partial charge in [0.25, 0.3) is 0 Å². The van der Waals surface area contributed by atoms with E-state index in [1.54, 1.807) is 12.1 Å². The van der Waals surface area contributed by atoms with E-state index in [1.165, 1.54) is 17.4 Å². The maximum absolute atomic E-state index is 10.5. The SMILES string of the molecule is N#Cc1cc(O)cc2sc(C=O)cc12. The highest BCUT2D eigenvalue weighted by Gasteiger charge is 2.07. The largest absolute Gasteiger partial charge is 0.508 e. The molecule has 1 N–H and O–H groups in total. The molecule has 0 fully saturated rings. The van der Waals surface area contributed by atoms with Crippen molar-refractivity contribution >= 4 is 27.7 Å². The summed E-state index contributed by atoms with van der Waals surface area (Å²) in [5.41, 5.74) is 0.393. The number of thiophene rings is 1. The van der Waals surface area contributed by atoms with E-state index >= 15 is 0 Å². The number of hydrogen-bond acceptors (Lipinski definition) is 4. The summed E-state index contributed by atoms with van der Waals surface area (Å²) in [7, 11) is 0. The lowest BCUT2D eigenvalue weighted by Crippen LogP contribution is -1.74. The number of aldehydes is 1. The zero-order valence-corrected chi connectivity index (χ0v) is 7.84. The quantitative estimate of drug-likeness (QED) is 0.723. The van der Waals surface area contributed by atoms with Crippen LogP contribution in [-0.4, -0.2) is 11.4 Å². The number of aromatic hydroxyl groups is 1. The summed E-state index contributed by atoms with van der Waals surface area (Å²) in [5.74, 6) is 0.0494. The lowest BCUT2D eigenvalue weighted by molar-refractivity contribution is 0.112. The number of nitriles is 1. The minimum atomic E-state index is 0.0494. The molecule has 0 atom stereocenters. The maximum Gasteiger partial charge on any atom is 0.160 e. The van der Waals surface area contributed by atoms with Crippen LogP contribution in [0.3, 0.4) is 0 Å². The molecule has 0 amide bonds. The van der Waals surface area contributed by atoms with Crippen molar-refractivity contribution < 1.29 is 9.90 Å². The van der Waals surface area contributed by atoms with Crippen LogP contribution in [0.25, 0.3) is 10.1 Å². The molecule has 1 heterocycles. The fourth-order valence-electron chi connectivity index (χ4n) is 1.29. The topological polar surface area (TPSA) is 61.1 Å². The Morgan fingerprint density at radius 3 is 2.86 bits per heavy atom. The molecule has 14 heavy (non-hydrogen) atoms. The van der Waals surface area contributed by atoms with Crippen molar-refractivity contribution in [2.45, 2.75) is 0 Å². The molecule has 2 rings (SSSR count). The summed E-state index contributed by atoms with van der Waals surface area (Å²) in [5, 5.41) is 18.8. The monoisotopic (exact) mass is 203 g/mol. The predicted octanol–water partition coefficient (Wildman–Crippen LogP) is 2.29. The summed E-state index contributed by atoms with van der Waals surface area (Å²) in [6.45, 7) is 0. The smallest absolute Gasteiger partial charge is 0.160 e. The van der Waals surface area contributed by atoms with Gasteiger partial charge in [-0.15, -0.1) is 11.3 Å². The molecular formula is C10H5NO2S. The Balaban J connectivity index is 2.86. The highest BCUT2D eigenvalue weighted by atomic mass is 32.1. The summed E-state index contributed by atoms with van der Waals surface area (Å²) in [6, 6.07) is 6.58. The number of phenols is 1. The number of carbonyl (C=O) groups excluding carboxylic acids is 1. The van der Waals surface area contributed by atoms with E-state index in [0.29, 0.717) is 10.4 Å². The number of benzene rings is 1. The summed E-state index contributed by atoms with van der Waals surface area (Å²) in [4.78, 5) is 11.1. The van der Waals surface area contributed by atoms with Gasteiger partial charge in [-0.25, -0.2) is 0 Å². The van der Waals surface area contributed by atoms with Crippen molar-refractivity contribution in [2.24, 2.45) is 0 Å². The number of carbonyl (C=O) groups is 1. The number of nitrogens with zero attached hydrogens (tertiary/aromatic N) is 1. The Kier molecular flexibility index (Phi) is 1.95. The highest BCUT2D eigenvalue weighted by molar-refractivity contribution is 7.20. The van der Waals surface area contributed by atoms with Crippen molar-refractivity contribution in [3.8, 4) is 11.8 Å². The second-order valence-corrected chi connectivity index (χ2v) is 3.90. The number of phenolic OH excluding ortho intramolecular Hbond substituents is 1. The van der Waals surface area contributed by atoms with E-state index in [-0.39, 0.29) is 5.75 Å². The zero-order chi connectivity index (χ0) is 10.1. The fourth-order valence-corrected chi connectivity index (χ4v) is 2.23. The van der Waals surface area contributed by atoms with Crippen LogP contribution in [0, 0.1) is 11.3 Å². The molecule has 4 heteroatoms. The van der Waals surface area contributed by atoms with Gasteiger partial charge in [0.05, 0.1) is 16.5 Å². The Labute approximate surface area is 83.8 Å². The van der Waals surface area contributed by atoms with Crippen molar-refractivity contribution in [1.29, 1.82) is 5.26 Å². The van der Waals surface area contributed by atoms with Gasteiger partial charge in [-0.2, -0.15) is 5.26 Å². The van der Waals surface area contributed by atoms with Crippen molar-refractivity contribution in [3.05, 3.63) is 28.6 Å². The van der Waals surface area contributed by atoms with E-state index in [4.69, 9.17) is 5.26 Å². The molecule has 3 nitrogen and oxygen atoms in total. The average molecular weight is 203 g/mol. The minimum Gasteiger partial charge on any atom is -0.508 e. The second kappa shape index (κ2) is 3.13. The van der Waals surface area contributed by atoms with Crippen LogP contribution >= 0.6 is 11.3 Å². The molecule has 0 aliphatic carbocycles. The summed E-state index contributed by atoms with van der Waals surface area (Å²) in [6.07, 6.45) is 0.739. The lowest BCUT2D eigenvalue weighted by Gasteiger charge is -1.94. The Morgan fingerprint density at radius 1 is 1.43 bits per heavy atom. The third-order valence-corrected chi connectivity index (χ3v) is 2.89. The first-order valence-corrected chi connectivity index (χ1v) is 4.68. The molecule has 0 unspecified atom stereocenters. The van der Waals surface area contributed by atoms with Gasteiger partial charge in [-0.05, 0) is 18.2 Å². The molecule has 0 spiro atoms. The van der Waals surface area contributed by atoms with E-state index in [9.17, 15) is 9.90 Å². The number of fused-ring (bicyclic) bond motifs is 1. The fraction of sp³-hybridized carbons (Fsp3) is 0. The molecule has 0 aliphatic heterocycles. The Morgan fingerprint density at radius 2 is 2.21 bits per heavy atom. The van der Waals surface area contributed by atoms with Gasteiger partial charge >= 0.3 is 0 Å². The highest BCUT2D eigenvalue weighted by Crippen LogP contribution is 2.30. The van der Waals surface area contributed by atoms with Gasteiger partial charge in [-0.1, -0.05) is 0 Å².